The van der Waals surface area contributed by atoms with Crippen LogP contribution in [0.2, 0.25) is 0 Å². The third kappa shape index (κ3) is 2.89. The second-order valence-corrected chi connectivity index (χ2v) is 4.51. The van der Waals surface area contributed by atoms with Crippen molar-refractivity contribution in [1.29, 1.82) is 0 Å². The number of halogens is 2. The van der Waals surface area contributed by atoms with Gasteiger partial charge in [-0.25, -0.2) is 9.37 Å². The van der Waals surface area contributed by atoms with Crippen LogP contribution in [0, 0.1) is 11.7 Å². The molecular weight excluding hydrogens is 263 g/mol. The number of pyridine rings is 1. The van der Waals surface area contributed by atoms with E-state index in [4.69, 9.17) is 4.74 Å². The zero-order chi connectivity index (χ0) is 10.7. The van der Waals surface area contributed by atoms with Crippen LogP contribution in [0.5, 0.6) is 0 Å². The van der Waals surface area contributed by atoms with Gasteiger partial charge in [0.25, 0.3) is 0 Å². The zero-order valence-corrected chi connectivity index (χ0v) is 9.76. The molecule has 0 aromatic carbocycles. The van der Waals surface area contributed by atoms with Crippen molar-refractivity contribution in [3.05, 3.63) is 22.6 Å². The summed E-state index contributed by atoms with van der Waals surface area (Å²) in [4.78, 5) is 3.96. The van der Waals surface area contributed by atoms with E-state index >= 15 is 0 Å². The van der Waals surface area contributed by atoms with Gasteiger partial charge < -0.3 is 10.1 Å². The maximum absolute atomic E-state index is 13.3. The van der Waals surface area contributed by atoms with Crippen molar-refractivity contribution < 1.29 is 9.13 Å². The van der Waals surface area contributed by atoms with Crippen LogP contribution in [-0.2, 0) is 4.74 Å². The van der Waals surface area contributed by atoms with Gasteiger partial charge in [0.1, 0.15) is 0 Å². The lowest BCUT2D eigenvalue weighted by molar-refractivity contribution is 0.187. The van der Waals surface area contributed by atoms with Gasteiger partial charge in [-0.15, -0.1) is 0 Å². The van der Waals surface area contributed by atoms with E-state index in [1.165, 1.54) is 6.07 Å². The van der Waals surface area contributed by atoms with E-state index in [9.17, 15) is 4.39 Å². The minimum absolute atomic E-state index is 0.310. The van der Waals surface area contributed by atoms with Gasteiger partial charge in [-0.05, 0) is 28.4 Å². The summed E-state index contributed by atoms with van der Waals surface area (Å²) in [7, 11) is 0. The largest absolute Gasteiger partial charge is 0.381 e. The molecule has 1 aromatic heterocycles. The maximum atomic E-state index is 13.3. The fourth-order valence-electron chi connectivity index (χ4n) is 1.53. The number of hydrogen-bond acceptors (Lipinski definition) is 3. The van der Waals surface area contributed by atoms with Crippen molar-refractivity contribution in [2.45, 2.75) is 6.42 Å². The molecule has 1 saturated heterocycles. The monoisotopic (exact) mass is 274 g/mol. The molecule has 82 valence electrons. The first-order valence-corrected chi connectivity index (χ1v) is 5.67. The molecule has 2 rings (SSSR count). The van der Waals surface area contributed by atoms with Gasteiger partial charge >= 0.3 is 0 Å². The van der Waals surface area contributed by atoms with E-state index in [1.807, 2.05) is 0 Å². The number of ether oxygens (including phenoxy) is 1. The van der Waals surface area contributed by atoms with Crippen molar-refractivity contribution in [3.63, 3.8) is 0 Å². The molecule has 1 aliphatic heterocycles. The Morgan fingerprint density at radius 1 is 1.67 bits per heavy atom. The average molecular weight is 275 g/mol. The molecule has 0 amide bonds. The van der Waals surface area contributed by atoms with Gasteiger partial charge in [-0.3, -0.25) is 0 Å². The van der Waals surface area contributed by atoms with Gasteiger partial charge in [0.2, 0.25) is 0 Å². The summed E-state index contributed by atoms with van der Waals surface area (Å²) in [5.74, 6) is 0.447. The second-order valence-electron chi connectivity index (χ2n) is 3.59. The summed E-state index contributed by atoms with van der Waals surface area (Å²) < 4.78 is 19.2. The van der Waals surface area contributed by atoms with E-state index in [0.29, 0.717) is 22.8 Å². The van der Waals surface area contributed by atoms with E-state index in [-0.39, 0.29) is 5.82 Å². The van der Waals surface area contributed by atoms with Gasteiger partial charge in [-0.2, -0.15) is 0 Å². The van der Waals surface area contributed by atoms with Crippen molar-refractivity contribution in [3.8, 4) is 0 Å². The summed E-state index contributed by atoms with van der Waals surface area (Å²) in [5.41, 5.74) is 0. The SMILES string of the molecule is Fc1cc(Br)cnc1NCC1CCOC1. The predicted molar refractivity (Wildman–Crippen MR) is 59.3 cm³/mol. The highest BCUT2D eigenvalue weighted by Crippen LogP contribution is 2.18. The van der Waals surface area contributed by atoms with Crippen molar-refractivity contribution in [1.82, 2.24) is 4.98 Å². The first kappa shape index (κ1) is 10.8. The van der Waals surface area contributed by atoms with Gasteiger partial charge in [-0.1, -0.05) is 0 Å². The fourth-order valence-corrected chi connectivity index (χ4v) is 1.83. The number of hydrogen-bond donors (Lipinski definition) is 1. The molecule has 15 heavy (non-hydrogen) atoms. The van der Waals surface area contributed by atoms with Gasteiger partial charge in [0, 0.05) is 29.7 Å². The lowest BCUT2D eigenvalue weighted by Gasteiger charge is -2.10. The fraction of sp³-hybridized carbons (Fsp3) is 0.500. The van der Waals surface area contributed by atoms with Crippen LogP contribution in [0.25, 0.3) is 0 Å². The number of anilines is 1. The number of nitrogens with one attached hydrogen (secondary N) is 1. The number of nitrogens with zero attached hydrogens (tertiary/aromatic N) is 1. The minimum atomic E-state index is -0.330. The van der Waals surface area contributed by atoms with E-state index in [1.54, 1.807) is 6.20 Å². The zero-order valence-electron chi connectivity index (χ0n) is 8.17. The Kier molecular flexibility index (Phi) is 3.53. The van der Waals surface area contributed by atoms with Crippen LogP contribution in [0.4, 0.5) is 10.2 Å². The summed E-state index contributed by atoms with van der Waals surface area (Å²) in [5, 5.41) is 3.00. The lowest BCUT2D eigenvalue weighted by Crippen LogP contribution is -2.15. The highest BCUT2D eigenvalue weighted by atomic mass is 79.9. The molecule has 3 nitrogen and oxygen atoms in total. The first-order chi connectivity index (χ1) is 7.25. The molecular formula is C10H12BrFN2O. The lowest BCUT2D eigenvalue weighted by atomic mass is 10.1. The van der Waals surface area contributed by atoms with E-state index in [0.717, 1.165) is 19.6 Å². The Morgan fingerprint density at radius 2 is 2.53 bits per heavy atom. The van der Waals surface area contributed by atoms with Gasteiger partial charge in [0.15, 0.2) is 11.6 Å². The van der Waals surface area contributed by atoms with Crippen LogP contribution in [0.1, 0.15) is 6.42 Å². The average Bonchev–Trinajstić information content (AvgIpc) is 2.69. The quantitative estimate of drug-likeness (QED) is 0.920. The molecule has 1 fully saturated rings. The summed E-state index contributed by atoms with van der Waals surface area (Å²) in [6.45, 7) is 2.28. The number of aromatic nitrogens is 1. The Morgan fingerprint density at radius 3 is 3.20 bits per heavy atom. The van der Waals surface area contributed by atoms with Crippen LogP contribution >= 0.6 is 15.9 Å². The highest BCUT2D eigenvalue weighted by molar-refractivity contribution is 9.10. The first-order valence-electron chi connectivity index (χ1n) is 4.88. The topological polar surface area (TPSA) is 34.2 Å². The van der Waals surface area contributed by atoms with Gasteiger partial charge in [0.05, 0.1) is 6.61 Å². The predicted octanol–water partition coefficient (Wildman–Crippen LogP) is 2.43. The maximum Gasteiger partial charge on any atom is 0.166 e. The molecule has 2 heterocycles. The van der Waals surface area contributed by atoms with E-state index in [2.05, 4.69) is 26.2 Å². The van der Waals surface area contributed by atoms with Crippen LogP contribution in [0.3, 0.4) is 0 Å². The van der Waals surface area contributed by atoms with Crippen LogP contribution in [0.15, 0.2) is 16.7 Å². The third-order valence-electron chi connectivity index (χ3n) is 2.39. The normalized spacial score (nSPS) is 20.5. The Balaban J connectivity index is 1.92. The van der Waals surface area contributed by atoms with Crippen molar-refractivity contribution in [2.24, 2.45) is 5.92 Å². The second kappa shape index (κ2) is 4.90. The Hall–Kier alpha value is -0.680. The molecule has 1 aliphatic rings. The molecule has 0 bridgehead atoms. The Bertz CT molecular complexity index is 342. The van der Waals surface area contributed by atoms with E-state index < -0.39 is 0 Å². The molecule has 0 spiro atoms. The standard InChI is InChI=1S/C10H12BrFN2O/c11-8-3-9(12)10(14-5-8)13-4-7-1-2-15-6-7/h3,5,7H,1-2,4,6H2,(H,13,14). The molecule has 1 atom stereocenters. The molecule has 0 aliphatic carbocycles. The van der Waals surface area contributed by atoms with Crippen molar-refractivity contribution in [2.75, 3.05) is 25.1 Å². The molecule has 0 saturated carbocycles. The molecule has 1 N–H and O–H groups in total. The van der Waals surface area contributed by atoms with Crippen molar-refractivity contribution >= 4 is 21.7 Å². The number of rotatable bonds is 3. The molecule has 0 radical (unpaired) electrons. The highest BCUT2D eigenvalue weighted by Gasteiger charge is 2.16. The molecule has 5 heteroatoms. The Labute approximate surface area is 96.2 Å². The molecule has 1 aromatic rings. The summed E-state index contributed by atoms with van der Waals surface area (Å²) in [6, 6.07) is 1.40. The molecule has 1 unspecified atom stereocenters. The minimum Gasteiger partial charge on any atom is -0.381 e. The van der Waals surface area contributed by atoms with Crippen LogP contribution < -0.4 is 5.32 Å². The third-order valence-corrected chi connectivity index (χ3v) is 2.82. The van der Waals surface area contributed by atoms with Crippen LogP contribution in [-0.4, -0.2) is 24.7 Å². The smallest absolute Gasteiger partial charge is 0.166 e. The summed E-state index contributed by atoms with van der Waals surface area (Å²) in [6.07, 6.45) is 2.61. The summed E-state index contributed by atoms with van der Waals surface area (Å²) >= 11 is 3.16.